The molecular weight excluding hydrogens is 381 g/mol. The van der Waals surface area contributed by atoms with Crippen molar-refractivity contribution >= 4 is 34.2 Å². The van der Waals surface area contributed by atoms with E-state index in [9.17, 15) is 14.9 Å². The molecule has 0 atom stereocenters. The van der Waals surface area contributed by atoms with Crippen LogP contribution in [0.1, 0.15) is 10.4 Å². The van der Waals surface area contributed by atoms with Crippen LogP contribution < -0.4 is 4.74 Å². The van der Waals surface area contributed by atoms with E-state index in [2.05, 4.69) is 9.97 Å². The summed E-state index contributed by atoms with van der Waals surface area (Å²) in [5, 5.41) is 19.8. The number of hydrogen-bond acceptors (Lipinski definition) is 6. The molecule has 1 aromatic heterocycles. The normalized spacial score (nSPS) is 10.1. The number of aromatic nitrogens is 2. The highest BCUT2D eigenvalue weighted by molar-refractivity contribution is 14.1. The lowest BCUT2D eigenvalue weighted by molar-refractivity contribution is -0.385. The Hall–Kier alpha value is -2.30. The summed E-state index contributed by atoms with van der Waals surface area (Å²) < 4.78 is 5.87. The molecule has 0 bridgehead atoms. The van der Waals surface area contributed by atoms with Gasteiger partial charge in [-0.05, 0) is 28.7 Å². The van der Waals surface area contributed by atoms with Crippen LogP contribution in [0.3, 0.4) is 0 Å². The molecule has 0 aliphatic heterocycles. The molecule has 20 heavy (non-hydrogen) atoms. The fourth-order valence-corrected chi connectivity index (χ4v) is 1.77. The van der Waals surface area contributed by atoms with Crippen LogP contribution in [-0.2, 0) is 0 Å². The van der Waals surface area contributed by atoms with Crippen LogP contribution in [0.15, 0.2) is 30.7 Å². The zero-order valence-electron chi connectivity index (χ0n) is 9.69. The minimum atomic E-state index is -1.21. The van der Waals surface area contributed by atoms with E-state index < -0.39 is 10.9 Å². The van der Waals surface area contributed by atoms with Crippen molar-refractivity contribution in [1.82, 2.24) is 9.97 Å². The molecule has 1 heterocycles. The van der Waals surface area contributed by atoms with Crippen molar-refractivity contribution in [2.75, 3.05) is 0 Å². The molecule has 8 nitrogen and oxygen atoms in total. The van der Waals surface area contributed by atoms with Gasteiger partial charge >= 0.3 is 11.7 Å². The van der Waals surface area contributed by atoms with Gasteiger partial charge in [-0.2, -0.15) is 0 Å². The van der Waals surface area contributed by atoms with Gasteiger partial charge in [0.05, 0.1) is 14.1 Å². The Bertz CT molecular complexity index is 692. The largest absolute Gasteiger partial charge is 0.478 e. The Labute approximate surface area is 125 Å². The van der Waals surface area contributed by atoms with E-state index in [-0.39, 0.29) is 22.9 Å². The number of nitro benzene ring substituents is 1. The summed E-state index contributed by atoms with van der Waals surface area (Å²) in [6, 6.07) is 3.30. The smallest absolute Gasteiger partial charge is 0.335 e. The molecule has 0 saturated heterocycles. The first-order valence-corrected chi connectivity index (χ1v) is 6.22. The third-order valence-electron chi connectivity index (χ3n) is 2.24. The Morgan fingerprint density at radius 3 is 2.80 bits per heavy atom. The van der Waals surface area contributed by atoms with Crippen LogP contribution in [-0.4, -0.2) is 26.0 Å². The minimum absolute atomic E-state index is 0.116. The average molecular weight is 387 g/mol. The second-order valence-corrected chi connectivity index (χ2v) is 4.68. The second kappa shape index (κ2) is 5.77. The van der Waals surface area contributed by atoms with Gasteiger partial charge < -0.3 is 9.84 Å². The molecule has 0 fully saturated rings. The second-order valence-electron chi connectivity index (χ2n) is 3.52. The molecule has 2 aromatic rings. The third kappa shape index (κ3) is 2.99. The molecule has 0 aliphatic carbocycles. The molecule has 0 radical (unpaired) electrons. The number of nitro groups is 1. The maximum absolute atomic E-state index is 10.9. The van der Waals surface area contributed by atoms with E-state index in [0.29, 0.717) is 3.57 Å². The molecule has 0 aliphatic rings. The molecule has 9 heteroatoms. The molecule has 2 rings (SSSR count). The molecule has 0 unspecified atom stereocenters. The van der Waals surface area contributed by atoms with Gasteiger partial charge in [-0.3, -0.25) is 10.1 Å². The number of ether oxygens (including phenoxy) is 1. The van der Waals surface area contributed by atoms with E-state index in [1.165, 1.54) is 12.5 Å². The summed E-state index contributed by atoms with van der Waals surface area (Å²) in [7, 11) is 0. The van der Waals surface area contributed by atoms with Crippen LogP contribution in [0.2, 0.25) is 0 Å². The quantitative estimate of drug-likeness (QED) is 0.487. The van der Waals surface area contributed by atoms with Gasteiger partial charge in [0.2, 0.25) is 11.6 Å². The van der Waals surface area contributed by atoms with Gasteiger partial charge in [0, 0.05) is 18.3 Å². The molecule has 1 N–H and O–H groups in total. The highest BCUT2D eigenvalue weighted by atomic mass is 127. The topological polar surface area (TPSA) is 115 Å². The van der Waals surface area contributed by atoms with Gasteiger partial charge in [-0.25, -0.2) is 14.8 Å². The summed E-state index contributed by atoms with van der Waals surface area (Å²) in [5.41, 5.74) is -0.459. The fourth-order valence-electron chi connectivity index (χ4n) is 1.36. The Balaban J connectivity index is 2.48. The van der Waals surface area contributed by atoms with Crippen LogP contribution in [0, 0.1) is 13.7 Å². The van der Waals surface area contributed by atoms with E-state index in [4.69, 9.17) is 9.84 Å². The number of halogens is 1. The first-order chi connectivity index (χ1) is 9.49. The number of hydrogen-bond donors (Lipinski definition) is 1. The van der Waals surface area contributed by atoms with Gasteiger partial charge in [0.1, 0.15) is 6.33 Å². The predicted octanol–water partition coefficient (Wildman–Crippen LogP) is 2.48. The molecule has 102 valence electrons. The predicted molar refractivity (Wildman–Crippen MR) is 74.9 cm³/mol. The van der Waals surface area contributed by atoms with Gasteiger partial charge in [0.15, 0.2) is 0 Å². The van der Waals surface area contributed by atoms with Crippen LogP contribution in [0.5, 0.6) is 11.6 Å². The SMILES string of the molecule is O=C(O)c1ccc([N+](=O)[O-])c(Oc2ncncc2I)c1. The van der Waals surface area contributed by atoms with E-state index in [0.717, 1.165) is 18.2 Å². The summed E-state index contributed by atoms with van der Waals surface area (Å²) in [6.45, 7) is 0. The van der Waals surface area contributed by atoms with Crippen molar-refractivity contribution in [1.29, 1.82) is 0 Å². The lowest BCUT2D eigenvalue weighted by atomic mass is 10.2. The van der Waals surface area contributed by atoms with E-state index in [1.54, 1.807) is 0 Å². The van der Waals surface area contributed by atoms with Crippen LogP contribution in [0.4, 0.5) is 5.69 Å². The molecule has 0 spiro atoms. The highest BCUT2D eigenvalue weighted by Crippen LogP contribution is 2.32. The number of carbonyl (C=O) groups is 1. The summed E-state index contributed by atoms with van der Waals surface area (Å²) in [4.78, 5) is 28.8. The van der Waals surface area contributed by atoms with Crippen molar-refractivity contribution in [3.05, 3.63) is 50.0 Å². The number of benzene rings is 1. The van der Waals surface area contributed by atoms with Crippen molar-refractivity contribution in [2.24, 2.45) is 0 Å². The van der Waals surface area contributed by atoms with Gasteiger partial charge in [-0.15, -0.1) is 0 Å². The average Bonchev–Trinajstić information content (AvgIpc) is 2.41. The molecule has 0 amide bonds. The summed E-state index contributed by atoms with van der Waals surface area (Å²) >= 11 is 1.90. The maximum Gasteiger partial charge on any atom is 0.335 e. The number of carboxylic acids is 1. The van der Waals surface area contributed by atoms with Crippen molar-refractivity contribution in [3.8, 4) is 11.6 Å². The van der Waals surface area contributed by atoms with Crippen molar-refractivity contribution < 1.29 is 19.6 Å². The maximum atomic E-state index is 10.9. The van der Waals surface area contributed by atoms with E-state index >= 15 is 0 Å². The van der Waals surface area contributed by atoms with Gasteiger partial charge in [-0.1, -0.05) is 0 Å². The number of carboxylic acid groups (broad SMARTS) is 1. The Morgan fingerprint density at radius 1 is 1.45 bits per heavy atom. The molecule has 0 saturated carbocycles. The summed E-state index contributed by atoms with van der Waals surface area (Å²) in [5.74, 6) is -1.28. The highest BCUT2D eigenvalue weighted by Gasteiger charge is 2.19. The Morgan fingerprint density at radius 2 is 2.20 bits per heavy atom. The number of nitrogens with zero attached hydrogens (tertiary/aromatic N) is 3. The Kier molecular flexibility index (Phi) is 4.08. The molecular formula is C11H6IN3O5. The lowest BCUT2D eigenvalue weighted by Gasteiger charge is -2.07. The summed E-state index contributed by atoms with van der Waals surface area (Å²) in [6.07, 6.45) is 2.69. The number of rotatable bonds is 4. The van der Waals surface area contributed by atoms with E-state index in [1.807, 2.05) is 22.6 Å². The zero-order chi connectivity index (χ0) is 14.7. The molecule has 1 aromatic carbocycles. The zero-order valence-corrected chi connectivity index (χ0v) is 11.8. The van der Waals surface area contributed by atoms with Gasteiger partial charge in [0.25, 0.3) is 0 Å². The third-order valence-corrected chi connectivity index (χ3v) is 2.98. The van der Waals surface area contributed by atoms with Crippen molar-refractivity contribution in [3.63, 3.8) is 0 Å². The van der Waals surface area contributed by atoms with Crippen LogP contribution in [0.25, 0.3) is 0 Å². The minimum Gasteiger partial charge on any atom is -0.478 e. The van der Waals surface area contributed by atoms with Crippen molar-refractivity contribution in [2.45, 2.75) is 0 Å². The fraction of sp³-hybridized carbons (Fsp3) is 0. The standard InChI is InChI=1S/C11H6IN3O5/c12-7-4-13-5-14-10(7)20-9-3-6(11(16)17)1-2-8(9)15(18)19/h1-5H,(H,16,17). The monoisotopic (exact) mass is 387 g/mol. The first-order valence-electron chi connectivity index (χ1n) is 5.14. The lowest BCUT2D eigenvalue weighted by Crippen LogP contribution is -2.01. The number of aromatic carboxylic acids is 1. The first kappa shape index (κ1) is 14.1. The van der Waals surface area contributed by atoms with Crippen LogP contribution >= 0.6 is 22.6 Å².